The first-order valence-corrected chi connectivity index (χ1v) is 11.3. The number of aromatic nitrogens is 4. The van der Waals surface area contributed by atoms with Crippen molar-refractivity contribution >= 4 is 0 Å². The Morgan fingerprint density at radius 2 is 1.68 bits per heavy atom. The van der Waals surface area contributed by atoms with Crippen LogP contribution in [0.4, 0.5) is 26.3 Å². The smallest absolute Gasteiger partial charge is 0.303 e. The van der Waals surface area contributed by atoms with Gasteiger partial charge in [-0.1, -0.05) is 12.1 Å². The summed E-state index contributed by atoms with van der Waals surface area (Å²) in [6.07, 6.45) is 0.954. The minimum Gasteiger partial charge on any atom is -0.487 e. The second-order valence-corrected chi connectivity index (χ2v) is 9.98. The summed E-state index contributed by atoms with van der Waals surface area (Å²) in [4.78, 5) is 0. The topological polar surface area (TPSA) is 93.3 Å². The van der Waals surface area contributed by atoms with Gasteiger partial charge in [-0.3, -0.25) is 0 Å². The maximum absolute atomic E-state index is 16.2. The second-order valence-electron chi connectivity index (χ2n) is 9.98. The molecule has 37 heavy (non-hydrogen) atoms. The first kappa shape index (κ1) is 25.5. The zero-order valence-corrected chi connectivity index (χ0v) is 19.2. The fourth-order valence-corrected chi connectivity index (χ4v) is 5.67. The van der Waals surface area contributed by atoms with Gasteiger partial charge in [0.25, 0.3) is 5.92 Å². The van der Waals surface area contributed by atoms with E-state index >= 15 is 8.78 Å². The van der Waals surface area contributed by atoms with Gasteiger partial charge in [0.05, 0.1) is 6.54 Å². The van der Waals surface area contributed by atoms with Crippen LogP contribution in [0.15, 0.2) is 48.8 Å². The number of tetrazole rings is 1. The molecule has 3 aromatic rings. The van der Waals surface area contributed by atoms with Crippen molar-refractivity contribution in [2.75, 3.05) is 13.2 Å². The minimum atomic E-state index is -3.86. The Kier molecular flexibility index (Phi) is 5.79. The Hall–Kier alpha value is -3.19. The Morgan fingerprint density at radius 1 is 1.00 bits per heavy atom. The van der Waals surface area contributed by atoms with E-state index in [0.29, 0.717) is 11.6 Å². The van der Waals surface area contributed by atoms with Crippen molar-refractivity contribution in [2.45, 2.75) is 48.7 Å². The van der Waals surface area contributed by atoms with Crippen LogP contribution in [0.5, 0.6) is 5.75 Å². The van der Waals surface area contributed by atoms with Crippen molar-refractivity contribution in [1.82, 2.24) is 20.2 Å². The lowest BCUT2D eigenvalue weighted by Crippen LogP contribution is -2.76. The number of nitrogens with zero attached hydrogens (tertiary/aromatic N) is 4. The number of aliphatic hydroxyl groups is 2. The molecule has 0 amide bonds. The summed E-state index contributed by atoms with van der Waals surface area (Å²) in [5, 5.41) is 30.3. The van der Waals surface area contributed by atoms with Crippen LogP contribution in [0.3, 0.4) is 0 Å². The first-order chi connectivity index (χ1) is 17.4. The van der Waals surface area contributed by atoms with Gasteiger partial charge in [0.2, 0.25) is 0 Å². The second kappa shape index (κ2) is 8.42. The van der Waals surface area contributed by atoms with Gasteiger partial charge < -0.3 is 14.9 Å². The van der Waals surface area contributed by atoms with E-state index in [-0.39, 0.29) is 25.0 Å². The number of hydrogen-bond donors (Lipinski definition) is 2. The number of hydrogen-bond acceptors (Lipinski definition) is 6. The molecule has 0 spiro atoms. The molecule has 1 heterocycles. The van der Waals surface area contributed by atoms with Gasteiger partial charge in [0.1, 0.15) is 30.3 Å². The van der Waals surface area contributed by atoms with Crippen LogP contribution < -0.4 is 4.74 Å². The van der Waals surface area contributed by atoms with Crippen LogP contribution in [0.1, 0.15) is 30.4 Å². The fourth-order valence-electron chi connectivity index (χ4n) is 5.67. The average molecular weight is 528 g/mol. The van der Waals surface area contributed by atoms with Crippen LogP contribution in [0, 0.1) is 17.0 Å². The van der Waals surface area contributed by atoms with Crippen molar-refractivity contribution in [2.24, 2.45) is 5.41 Å². The van der Waals surface area contributed by atoms with Crippen molar-refractivity contribution in [1.29, 1.82) is 0 Å². The zero-order valence-electron chi connectivity index (χ0n) is 19.2. The molecule has 0 radical (unpaired) electrons. The van der Waals surface area contributed by atoms with Gasteiger partial charge in [0.15, 0.2) is 12.2 Å². The summed E-state index contributed by atoms with van der Waals surface area (Å²) >= 11 is 0. The third-order valence-electron chi connectivity index (χ3n) is 7.52. The molecule has 13 heteroatoms. The zero-order chi connectivity index (χ0) is 26.7. The number of alkyl halides is 4. The molecule has 3 aliphatic rings. The summed E-state index contributed by atoms with van der Waals surface area (Å²) < 4.78 is 92.8. The number of benzene rings is 2. The molecule has 2 N–H and O–H groups in total. The highest BCUT2D eigenvalue weighted by molar-refractivity contribution is 5.44. The molecule has 0 unspecified atom stereocenters. The van der Waals surface area contributed by atoms with Crippen LogP contribution in [0.2, 0.25) is 0 Å². The largest absolute Gasteiger partial charge is 0.487 e. The van der Waals surface area contributed by atoms with Crippen LogP contribution in [-0.2, 0) is 17.6 Å². The summed E-state index contributed by atoms with van der Waals surface area (Å²) in [6, 6.07) is 8.10. The summed E-state index contributed by atoms with van der Waals surface area (Å²) in [6.45, 7) is -3.23. The van der Waals surface area contributed by atoms with E-state index in [0.717, 1.165) is 23.1 Å². The average Bonchev–Trinajstić information content (AvgIpc) is 3.29. The van der Waals surface area contributed by atoms with Crippen LogP contribution >= 0.6 is 0 Å². The summed E-state index contributed by atoms with van der Waals surface area (Å²) in [7, 11) is 0. The maximum Gasteiger partial charge on any atom is 0.303 e. The van der Waals surface area contributed by atoms with Crippen LogP contribution in [-0.4, -0.2) is 55.5 Å². The maximum atomic E-state index is 16.2. The molecule has 3 aliphatic carbocycles. The standard InChI is InChI=1S/C24H22F6N4O3/c25-16-3-6-18(19(26)7-16)23(36,11-34-14-31-32-33-34)24(29,30)21-8-20(9-21,10-21)15-1-4-17(5-2-15)37-13-22(27,28)12-35/h1-7,14,35-36H,8-13H2/t20?,21?,23-/m0/s1. The highest BCUT2D eigenvalue weighted by Gasteiger charge is 2.82. The number of aliphatic hydroxyl groups excluding tert-OH is 1. The lowest BCUT2D eigenvalue weighted by atomic mass is 9.30. The van der Waals surface area contributed by atoms with Crippen molar-refractivity contribution in [3.8, 4) is 5.75 Å². The monoisotopic (exact) mass is 528 g/mol. The lowest BCUT2D eigenvalue weighted by Gasteiger charge is -2.74. The Morgan fingerprint density at radius 3 is 2.24 bits per heavy atom. The first-order valence-electron chi connectivity index (χ1n) is 11.3. The molecule has 7 nitrogen and oxygen atoms in total. The van der Waals surface area contributed by atoms with Gasteiger partial charge in [-0.15, -0.1) is 5.10 Å². The molecule has 6 rings (SSSR count). The molecule has 1 atom stereocenters. The highest BCUT2D eigenvalue weighted by atomic mass is 19.3. The molecule has 0 aliphatic heterocycles. The van der Waals surface area contributed by atoms with E-state index in [2.05, 4.69) is 15.5 Å². The molecule has 0 saturated heterocycles. The molecular formula is C24H22F6N4O3. The molecule has 2 bridgehead atoms. The van der Waals surface area contributed by atoms with Gasteiger partial charge in [-0.2, -0.15) is 0 Å². The number of halogens is 6. The lowest BCUT2D eigenvalue weighted by molar-refractivity contribution is -0.347. The summed E-state index contributed by atoms with van der Waals surface area (Å²) in [5.41, 5.74) is -5.43. The Labute approximate surface area is 206 Å². The third-order valence-corrected chi connectivity index (χ3v) is 7.52. The number of ether oxygens (including phenoxy) is 1. The van der Waals surface area contributed by atoms with E-state index in [4.69, 9.17) is 9.84 Å². The highest BCUT2D eigenvalue weighted by Crippen LogP contribution is 2.80. The van der Waals surface area contributed by atoms with Gasteiger partial charge in [-0.25, -0.2) is 31.0 Å². The predicted molar refractivity (Wildman–Crippen MR) is 115 cm³/mol. The van der Waals surface area contributed by atoms with E-state index in [9.17, 15) is 22.7 Å². The SMILES string of the molecule is OCC(F)(F)COc1ccc(C23CC(C(F)(F)[C@](O)(Cn4cnnn4)c4ccc(F)cc4F)(C2)C3)cc1. The minimum absolute atomic E-state index is 0.0173. The molecule has 1 aromatic heterocycles. The molecule has 2 aromatic carbocycles. The number of rotatable bonds is 10. The molecule has 3 saturated carbocycles. The quantitative estimate of drug-likeness (QED) is 0.391. The van der Waals surface area contributed by atoms with Crippen molar-refractivity contribution in [3.63, 3.8) is 0 Å². The van der Waals surface area contributed by atoms with Gasteiger partial charge in [0, 0.05) is 17.0 Å². The molecule has 3 fully saturated rings. The van der Waals surface area contributed by atoms with Crippen molar-refractivity contribution < 1.29 is 41.3 Å². The predicted octanol–water partition coefficient (Wildman–Crippen LogP) is 3.60. The Bertz CT molecular complexity index is 1270. The van der Waals surface area contributed by atoms with E-state index < -0.39 is 65.2 Å². The fraction of sp³-hybridized carbons (Fsp3) is 0.458. The third kappa shape index (κ3) is 3.95. The summed E-state index contributed by atoms with van der Waals surface area (Å²) in [5.74, 6) is -9.42. The van der Waals surface area contributed by atoms with Crippen LogP contribution in [0.25, 0.3) is 0 Å². The molecular weight excluding hydrogens is 506 g/mol. The van der Waals surface area contributed by atoms with E-state index in [1.807, 2.05) is 0 Å². The van der Waals surface area contributed by atoms with Crippen molar-refractivity contribution in [3.05, 3.63) is 71.6 Å². The molecule has 198 valence electrons. The van der Waals surface area contributed by atoms with Gasteiger partial charge >= 0.3 is 5.92 Å². The Balaban J connectivity index is 1.37. The van der Waals surface area contributed by atoms with Gasteiger partial charge in [-0.05, 0) is 64.9 Å². The van der Waals surface area contributed by atoms with E-state index in [1.165, 1.54) is 12.1 Å². The van der Waals surface area contributed by atoms with E-state index in [1.54, 1.807) is 12.1 Å². The normalized spacial score (nSPS) is 24.6.